The van der Waals surface area contributed by atoms with Crippen LogP contribution in [0.5, 0.6) is 0 Å². The first-order chi connectivity index (χ1) is 5.91. The van der Waals surface area contributed by atoms with Crippen LogP contribution in [-0.2, 0) is 9.47 Å². The van der Waals surface area contributed by atoms with Gasteiger partial charge in [0, 0.05) is 19.8 Å². The fourth-order valence-corrected chi connectivity index (χ4v) is 0.778. The molecular weight excluding hydrogens is 156 g/mol. The zero-order valence-electron chi connectivity index (χ0n) is 7.92. The van der Waals surface area contributed by atoms with Gasteiger partial charge in [-0.2, -0.15) is 0 Å². The van der Waals surface area contributed by atoms with Crippen molar-refractivity contribution in [1.29, 1.82) is 0 Å². The van der Waals surface area contributed by atoms with Crippen molar-refractivity contribution in [3.63, 3.8) is 0 Å². The van der Waals surface area contributed by atoms with E-state index in [1.165, 1.54) is 6.42 Å². The molecule has 0 aromatic heterocycles. The van der Waals surface area contributed by atoms with E-state index in [0.717, 1.165) is 26.1 Å². The summed E-state index contributed by atoms with van der Waals surface area (Å²) in [6.45, 7) is 5.01. The summed E-state index contributed by atoms with van der Waals surface area (Å²) in [5.41, 5.74) is 0. The van der Waals surface area contributed by atoms with Crippen LogP contribution in [0.15, 0.2) is 0 Å². The lowest BCUT2D eigenvalue weighted by Gasteiger charge is -2.03. The maximum Gasteiger partial charge on any atom is 0.0697 e. The Bertz CT molecular complexity index is 66.2. The van der Waals surface area contributed by atoms with E-state index in [0.29, 0.717) is 13.2 Å². The maximum absolute atomic E-state index is 8.38. The van der Waals surface area contributed by atoms with E-state index in [4.69, 9.17) is 14.6 Å². The summed E-state index contributed by atoms with van der Waals surface area (Å²) < 4.78 is 10.4. The number of ether oxygens (including phenoxy) is 2. The molecule has 0 radical (unpaired) electrons. The van der Waals surface area contributed by atoms with Crippen LogP contribution in [0.25, 0.3) is 0 Å². The Morgan fingerprint density at radius 3 is 2.08 bits per heavy atom. The van der Waals surface area contributed by atoms with E-state index >= 15 is 0 Å². The maximum atomic E-state index is 8.38. The van der Waals surface area contributed by atoms with Crippen LogP contribution in [0.2, 0.25) is 0 Å². The zero-order valence-corrected chi connectivity index (χ0v) is 7.92. The van der Waals surface area contributed by atoms with Gasteiger partial charge in [0.15, 0.2) is 0 Å². The molecule has 0 atom stereocenters. The first-order valence-electron chi connectivity index (χ1n) is 4.68. The molecule has 0 fully saturated rings. The van der Waals surface area contributed by atoms with Gasteiger partial charge >= 0.3 is 0 Å². The quantitative estimate of drug-likeness (QED) is 0.536. The van der Waals surface area contributed by atoms with Crippen molar-refractivity contribution in [2.45, 2.75) is 26.2 Å². The molecule has 3 heteroatoms. The summed E-state index contributed by atoms with van der Waals surface area (Å²) in [5.74, 6) is 0. The third-order valence-electron chi connectivity index (χ3n) is 1.46. The first-order valence-corrected chi connectivity index (χ1v) is 4.68. The molecule has 0 heterocycles. The molecular formula is C9H20O3. The molecule has 12 heavy (non-hydrogen) atoms. The smallest absolute Gasteiger partial charge is 0.0697 e. The molecule has 0 aliphatic carbocycles. The Kier molecular flexibility index (Phi) is 10.8. The van der Waals surface area contributed by atoms with Crippen molar-refractivity contribution in [2.75, 3.05) is 33.0 Å². The predicted molar refractivity (Wildman–Crippen MR) is 48.2 cm³/mol. The lowest BCUT2D eigenvalue weighted by molar-refractivity contribution is 0.0632. The van der Waals surface area contributed by atoms with Crippen molar-refractivity contribution >= 4 is 0 Å². The fourth-order valence-electron chi connectivity index (χ4n) is 0.778. The third kappa shape index (κ3) is 9.88. The van der Waals surface area contributed by atoms with Gasteiger partial charge in [-0.3, -0.25) is 0 Å². The van der Waals surface area contributed by atoms with Crippen LogP contribution in [0, 0.1) is 0 Å². The largest absolute Gasteiger partial charge is 0.394 e. The highest BCUT2D eigenvalue weighted by Gasteiger charge is 1.89. The third-order valence-corrected chi connectivity index (χ3v) is 1.46. The van der Waals surface area contributed by atoms with Crippen LogP contribution in [-0.4, -0.2) is 38.1 Å². The highest BCUT2D eigenvalue weighted by Crippen LogP contribution is 1.90. The first kappa shape index (κ1) is 11.9. The van der Waals surface area contributed by atoms with Crippen molar-refractivity contribution in [3.05, 3.63) is 0 Å². The Morgan fingerprint density at radius 2 is 1.50 bits per heavy atom. The van der Waals surface area contributed by atoms with Crippen molar-refractivity contribution in [1.82, 2.24) is 0 Å². The van der Waals surface area contributed by atoms with E-state index in [1.807, 2.05) is 0 Å². The normalized spacial score (nSPS) is 10.5. The van der Waals surface area contributed by atoms with E-state index < -0.39 is 0 Å². The second-order valence-electron chi connectivity index (χ2n) is 2.66. The number of unbranched alkanes of at least 4 members (excludes halogenated alkanes) is 1. The lowest BCUT2D eigenvalue weighted by Crippen LogP contribution is -2.04. The highest BCUT2D eigenvalue weighted by molar-refractivity contribution is 4.36. The average Bonchev–Trinajstić information content (AvgIpc) is 2.10. The molecule has 0 saturated heterocycles. The minimum Gasteiger partial charge on any atom is -0.394 e. The number of aliphatic hydroxyl groups is 1. The number of rotatable bonds is 9. The van der Waals surface area contributed by atoms with E-state index in [-0.39, 0.29) is 6.61 Å². The molecule has 0 aliphatic rings. The molecule has 3 nitrogen and oxygen atoms in total. The summed E-state index contributed by atoms with van der Waals surface area (Å²) in [7, 11) is 0. The van der Waals surface area contributed by atoms with Gasteiger partial charge in [0.05, 0.1) is 13.2 Å². The Hall–Kier alpha value is -0.120. The molecule has 1 N–H and O–H groups in total. The molecule has 0 amide bonds. The van der Waals surface area contributed by atoms with Gasteiger partial charge in [-0.1, -0.05) is 13.3 Å². The Morgan fingerprint density at radius 1 is 0.917 bits per heavy atom. The van der Waals surface area contributed by atoms with E-state index in [9.17, 15) is 0 Å². The second kappa shape index (κ2) is 10.9. The summed E-state index contributed by atoms with van der Waals surface area (Å²) >= 11 is 0. The summed E-state index contributed by atoms with van der Waals surface area (Å²) in [6.07, 6.45) is 3.24. The summed E-state index contributed by atoms with van der Waals surface area (Å²) in [6, 6.07) is 0. The van der Waals surface area contributed by atoms with Crippen LogP contribution in [0.3, 0.4) is 0 Å². The average molecular weight is 176 g/mol. The standard InChI is InChI=1S/C9H20O3/c1-2-3-6-11-7-4-8-12-9-5-10/h10H,2-9H2,1H3. The van der Waals surface area contributed by atoms with Gasteiger partial charge in [-0.25, -0.2) is 0 Å². The molecule has 0 aromatic carbocycles. The van der Waals surface area contributed by atoms with Crippen LogP contribution in [0.4, 0.5) is 0 Å². The number of aliphatic hydroxyl groups excluding tert-OH is 1. The van der Waals surface area contributed by atoms with Gasteiger partial charge in [0.2, 0.25) is 0 Å². The van der Waals surface area contributed by atoms with E-state index in [1.54, 1.807) is 0 Å². The van der Waals surface area contributed by atoms with Crippen LogP contribution >= 0.6 is 0 Å². The predicted octanol–water partition coefficient (Wildman–Crippen LogP) is 1.20. The molecule has 0 bridgehead atoms. The monoisotopic (exact) mass is 176 g/mol. The molecule has 0 saturated carbocycles. The molecule has 0 aromatic rings. The van der Waals surface area contributed by atoms with Crippen molar-refractivity contribution in [3.8, 4) is 0 Å². The Labute approximate surface area is 74.7 Å². The minimum atomic E-state index is 0.108. The fraction of sp³-hybridized carbons (Fsp3) is 1.00. The van der Waals surface area contributed by atoms with Crippen LogP contribution < -0.4 is 0 Å². The molecule has 0 rings (SSSR count). The van der Waals surface area contributed by atoms with Crippen LogP contribution in [0.1, 0.15) is 26.2 Å². The summed E-state index contributed by atoms with van der Waals surface area (Å²) in [4.78, 5) is 0. The Balaban J connectivity index is 2.73. The minimum absolute atomic E-state index is 0.108. The van der Waals surface area contributed by atoms with Gasteiger partial charge < -0.3 is 14.6 Å². The van der Waals surface area contributed by atoms with Gasteiger partial charge in [0.25, 0.3) is 0 Å². The molecule has 0 spiro atoms. The van der Waals surface area contributed by atoms with Gasteiger partial charge in [-0.15, -0.1) is 0 Å². The second-order valence-corrected chi connectivity index (χ2v) is 2.66. The lowest BCUT2D eigenvalue weighted by atomic mass is 10.4. The van der Waals surface area contributed by atoms with Crippen molar-refractivity contribution < 1.29 is 14.6 Å². The number of hydrogen-bond acceptors (Lipinski definition) is 3. The van der Waals surface area contributed by atoms with Crippen molar-refractivity contribution in [2.24, 2.45) is 0 Å². The highest BCUT2D eigenvalue weighted by atomic mass is 16.5. The molecule has 0 aliphatic heterocycles. The van der Waals surface area contributed by atoms with Gasteiger partial charge in [-0.05, 0) is 12.8 Å². The number of hydrogen-bond donors (Lipinski definition) is 1. The SMILES string of the molecule is CCCCOCCCOCCO. The molecule has 0 unspecified atom stereocenters. The molecule has 74 valence electrons. The van der Waals surface area contributed by atoms with Gasteiger partial charge in [0.1, 0.15) is 0 Å². The summed E-state index contributed by atoms with van der Waals surface area (Å²) in [5, 5.41) is 8.38. The zero-order chi connectivity index (χ0) is 9.07. The topological polar surface area (TPSA) is 38.7 Å². The van der Waals surface area contributed by atoms with E-state index in [2.05, 4.69) is 6.92 Å².